The van der Waals surface area contributed by atoms with Gasteiger partial charge in [0.15, 0.2) is 5.78 Å². The first-order valence-electron chi connectivity index (χ1n) is 6.74. The van der Waals surface area contributed by atoms with Gasteiger partial charge in [-0.2, -0.15) is 0 Å². The zero-order chi connectivity index (χ0) is 15.0. The summed E-state index contributed by atoms with van der Waals surface area (Å²) in [6.45, 7) is 0.505. The summed E-state index contributed by atoms with van der Waals surface area (Å²) in [7, 11) is 0. The van der Waals surface area contributed by atoms with Crippen molar-refractivity contribution >= 4 is 17.8 Å². The molecule has 1 N–H and O–H groups in total. The molecule has 0 saturated carbocycles. The molecule has 1 unspecified atom stereocenters. The van der Waals surface area contributed by atoms with Crippen LogP contribution in [0.4, 0.5) is 4.79 Å². The summed E-state index contributed by atoms with van der Waals surface area (Å²) in [5.74, 6) is -0.440. The number of pyridine rings is 1. The van der Waals surface area contributed by atoms with E-state index in [-0.39, 0.29) is 44.2 Å². The number of amides is 2. The second-order valence-electron chi connectivity index (χ2n) is 5.38. The Labute approximate surface area is 121 Å². The summed E-state index contributed by atoms with van der Waals surface area (Å²) in [5.41, 5.74) is -0.417. The Morgan fingerprint density at radius 1 is 1.33 bits per heavy atom. The van der Waals surface area contributed by atoms with Crippen molar-refractivity contribution in [3.8, 4) is 0 Å². The number of Topliss-reactive ketones (excluding diaryl/α,β-unsaturated/α-hetero) is 1. The smallest absolute Gasteiger partial charge is 0.407 e. The molecule has 110 valence electrons. The highest BCUT2D eigenvalue weighted by molar-refractivity contribution is 6.10. The summed E-state index contributed by atoms with van der Waals surface area (Å²) in [4.78, 5) is 42.6. The predicted molar refractivity (Wildman–Crippen MR) is 71.6 cm³/mol. The van der Waals surface area contributed by atoms with Crippen LogP contribution in [0.25, 0.3) is 0 Å². The average Bonchev–Trinajstić information content (AvgIpc) is 2.71. The maximum absolute atomic E-state index is 12.4. The van der Waals surface area contributed by atoms with Gasteiger partial charge < -0.3 is 14.9 Å². The number of carbonyl (C=O) groups is 3. The molecular formula is C14H15N3O4. The number of carboxylic acid groups (broad SMARTS) is 1. The molecule has 0 radical (unpaired) electrons. The monoisotopic (exact) mass is 289 g/mol. The molecular weight excluding hydrogens is 274 g/mol. The third-order valence-corrected chi connectivity index (χ3v) is 4.16. The van der Waals surface area contributed by atoms with Crippen LogP contribution in [0.15, 0.2) is 24.4 Å². The predicted octanol–water partition coefficient (Wildman–Crippen LogP) is 0.158. The summed E-state index contributed by atoms with van der Waals surface area (Å²) >= 11 is 0. The Bertz CT molecular complexity index is 603. The lowest BCUT2D eigenvalue weighted by Gasteiger charge is -2.44. The third-order valence-electron chi connectivity index (χ3n) is 4.16. The minimum atomic E-state index is -1.10. The molecule has 3 heterocycles. The minimum absolute atomic E-state index is 0.0173. The van der Waals surface area contributed by atoms with Gasteiger partial charge in [-0.1, -0.05) is 6.07 Å². The highest BCUT2D eigenvalue weighted by atomic mass is 16.4. The average molecular weight is 289 g/mol. The summed E-state index contributed by atoms with van der Waals surface area (Å²) in [6, 6.07) is 5.36. The lowest BCUT2D eigenvalue weighted by atomic mass is 9.86. The molecule has 1 atom stereocenters. The summed E-state index contributed by atoms with van der Waals surface area (Å²) in [5, 5.41) is 9.19. The van der Waals surface area contributed by atoms with Gasteiger partial charge in [-0.25, -0.2) is 4.79 Å². The Morgan fingerprint density at radius 2 is 2.14 bits per heavy atom. The highest BCUT2D eigenvalue weighted by Gasteiger charge is 2.55. The number of hydrogen-bond donors (Lipinski definition) is 1. The van der Waals surface area contributed by atoms with Gasteiger partial charge in [-0.3, -0.25) is 14.6 Å². The normalized spacial score (nSPS) is 25.1. The van der Waals surface area contributed by atoms with Crippen LogP contribution in [0.5, 0.6) is 0 Å². The van der Waals surface area contributed by atoms with Gasteiger partial charge in [0.25, 0.3) is 0 Å². The lowest BCUT2D eigenvalue weighted by Crippen LogP contribution is -2.64. The van der Waals surface area contributed by atoms with Crippen LogP contribution < -0.4 is 0 Å². The van der Waals surface area contributed by atoms with E-state index in [2.05, 4.69) is 4.98 Å². The topological polar surface area (TPSA) is 90.8 Å². The molecule has 1 aromatic heterocycles. The number of nitrogens with zero attached hydrogens (tertiary/aromatic N) is 3. The van der Waals surface area contributed by atoms with Crippen LogP contribution in [-0.2, 0) is 16.0 Å². The van der Waals surface area contributed by atoms with Gasteiger partial charge >= 0.3 is 6.09 Å². The van der Waals surface area contributed by atoms with Crippen molar-refractivity contribution in [1.29, 1.82) is 0 Å². The molecule has 0 aliphatic carbocycles. The molecule has 7 nitrogen and oxygen atoms in total. The van der Waals surface area contributed by atoms with Crippen molar-refractivity contribution in [2.75, 3.05) is 19.6 Å². The number of carbonyl (C=O) groups excluding carboxylic acids is 2. The van der Waals surface area contributed by atoms with Crippen molar-refractivity contribution in [3.63, 3.8) is 0 Å². The van der Waals surface area contributed by atoms with E-state index in [9.17, 15) is 19.5 Å². The van der Waals surface area contributed by atoms with Crippen molar-refractivity contribution in [2.24, 2.45) is 0 Å². The number of aromatic nitrogens is 1. The molecule has 0 aromatic carbocycles. The van der Waals surface area contributed by atoms with E-state index >= 15 is 0 Å². The van der Waals surface area contributed by atoms with E-state index in [1.807, 2.05) is 6.07 Å². The molecule has 2 saturated heterocycles. The first kappa shape index (κ1) is 13.5. The second kappa shape index (κ2) is 4.83. The van der Waals surface area contributed by atoms with Gasteiger partial charge in [0.1, 0.15) is 5.54 Å². The van der Waals surface area contributed by atoms with Crippen molar-refractivity contribution in [1.82, 2.24) is 14.8 Å². The quantitative estimate of drug-likeness (QED) is 0.783. The van der Waals surface area contributed by atoms with E-state index in [1.54, 1.807) is 18.3 Å². The van der Waals surface area contributed by atoms with Crippen molar-refractivity contribution in [2.45, 2.75) is 18.4 Å². The third kappa shape index (κ3) is 2.14. The zero-order valence-corrected chi connectivity index (χ0v) is 11.4. The van der Waals surface area contributed by atoms with Crippen LogP contribution >= 0.6 is 0 Å². The Hall–Kier alpha value is -2.44. The SMILES string of the molecule is O=C(O)N1CCN2C(=O)CC(=O)C2(Cc2ccccn2)C1. The largest absolute Gasteiger partial charge is 0.465 e. The molecule has 21 heavy (non-hydrogen) atoms. The van der Waals surface area contributed by atoms with Gasteiger partial charge in [-0.05, 0) is 12.1 Å². The van der Waals surface area contributed by atoms with Gasteiger partial charge in [-0.15, -0.1) is 0 Å². The van der Waals surface area contributed by atoms with Crippen LogP contribution in [0.2, 0.25) is 0 Å². The maximum Gasteiger partial charge on any atom is 0.407 e. The number of ketones is 1. The number of hydrogen-bond acceptors (Lipinski definition) is 4. The van der Waals surface area contributed by atoms with Gasteiger partial charge in [0, 0.05) is 31.4 Å². The van der Waals surface area contributed by atoms with E-state index in [1.165, 1.54) is 9.80 Å². The Morgan fingerprint density at radius 3 is 2.81 bits per heavy atom. The molecule has 2 aliphatic heterocycles. The van der Waals surface area contributed by atoms with Gasteiger partial charge in [0.05, 0.1) is 13.0 Å². The van der Waals surface area contributed by atoms with E-state index in [0.29, 0.717) is 5.69 Å². The minimum Gasteiger partial charge on any atom is -0.465 e. The van der Waals surface area contributed by atoms with Crippen molar-refractivity contribution in [3.05, 3.63) is 30.1 Å². The number of fused-ring (bicyclic) bond motifs is 1. The van der Waals surface area contributed by atoms with Crippen LogP contribution in [0, 0.1) is 0 Å². The highest BCUT2D eigenvalue weighted by Crippen LogP contribution is 2.33. The van der Waals surface area contributed by atoms with E-state index < -0.39 is 11.6 Å². The fourth-order valence-electron chi connectivity index (χ4n) is 3.13. The molecule has 3 rings (SSSR count). The standard InChI is InChI=1S/C14H15N3O4/c18-11-7-12(19)17-6-5-16(13(20)21)9-14(11,17)8-10-3-1-2-4-15-10/h1-4H,5-9H2,(H,20,21). The second-order valence-corrected chi connectivity index (χ2v) is 5.38. The molecule has 2 fully saturated rings. The summed E-state index contributed by atoms with van der Waals surface area (Å²) < 4.78 is 0. The number of rotatable bonds is 2. The van der Waals surface area contributed by atoms with E-state index in [0.717, 1.165) is 0 Å². The number of piperazine rings is 1. The van der Waals surface area contributed by atoms with E-state index in [4.69, 9.17) is 0 Å². The van der Waals surface area contributed by atoms with Crippen LogP contribution in [-0.4, -0.2) is 62.8 Å². The van der Waals surface area contributed by atoms with Crippen LogP contribution in [0.3, 0.4) is 0 Å². The fourth-order valence-corrected chi connectivity index (χ4v) is 3.13. The molecule has 1 aromatic rings. The van der Waals surface area contributed by atoms with Crippen molar-refractivity contribution < 1.29 is 19.5 Å². The summed E-state index contributed by atoms with van der Waals surface area (Å²) in [6.07, 6.45) is 0.653. The maximum atomic E-state index is 12.4. The first-order valence-corrected chi connectivity index (χ1v) is 6.74. The lowest BCUT2D eigenvalue weighted by molar-refractivity contribution is -0.136. The van der Waals surface area contributed by atoms with Crippen LogP contribution in [0.1, 0.15) is 12.1 Å². The molecule has 2 aliphatic rings. The first-order chi connectivity index (χ1) is 10.0. The molecule has 7 heteroatoms. The zero-order valence-electron chi connectivity index (χ0n) is 11.4. The Kier molecular flexibility index (Phi) is 3.12. The molecule has 0 spiro atoms. The molecule has 2 amide bonds. The van der Waals surface area contributed by atoms with Gasteiger partial charge in [0.2, 0.25) is 5.91 Å². The Balaban J connectivity index is 1.97. The fraction of sp³-hybridized carbons (Fsp3) is 0.429. The molecule has 0 bridgehead atoms.